The van der Waals surface area contributed by atoms with E-state index in [2.05, 4.69) is 10.3 Å². The van der Waals surface area contributed by atoms with E-state index in [4.69, 9.17) is 16.3 Å². The number of nitrogens with zero attached hydrogens (tertiary/aromatic N) is 1. The Bertz CT molecular complexity index is 820. The van der Waals surface area contributed by atoms with Gasteiger partial charge in [-0.3, -0.25) is 4.79 Å². The minimum atomic E-state index is -3.50. The Morgan fingerprint density at radius 1 is 1.30 bits per heavy atom. The van der Waals surface area contributed by atoms with E-state index in [0.29, 0.717) is 5.88 Å². The van der Waals surface area contributed by atoms with Crippen molar-refractivity contribution < 1.29 is 17.9 Å². The van der Waals surface area contributed by atoms with Gasteiger partial charge in [0, 0.05) is 30.6 Å². The number of nitrogens with one attached hydrogen (secondary N) is 1. The lowest BCUT2D eigenvalue weighted by Gasteiger charge is -2.08. The number of carbonyl (C=O) groups is 1. The molecule has 0 unspecified atom stereocenters. The van der Waals surface area contributed by atoms with Crippen LogP contribution in [0.1, 0.15) is 15.9 Å². The zero-order chi connectivity index (χ0) is 17.0. The largest absolute Gasteiger partial charge is 0.481 e. The molecule has 1 amide bonds. The molecule has 0 spiro atoms. The van der Waals surface area contributed by atoms with Crippen LogP contribution in [0, 0.1) is 0 Å². The first-order chi connectivity index (χ1) is 10.8. The molecular weight excluding hydrogens is 340 g/mol. The first kappa shape index (κ1) is 17.2. The van der Waals surface area contributed by atoms with Crippen molar-refractivity contribution in [2.45, 2.75) is 11.4 Å². The van der Waals surface area contributed by atoms with Crippen molar-refractivity contribution in [2.75, 3.05) is 13.4 Å². The maximum absolute atomic E-state index is 12.1. The molecule has 0 fully saturated rings. The van der Waals surface area contributed by atoms with E-state index in [0.717, 1.165) is 11.8 Å². The number of halogens is 1. The lowest BCUT2D eigenvalue weighted by atomic mass is 10.2. The number of pyridine rings is 1. The number of sulfone groups is 1. The van der Waals surface area contributed by atoms with Crippen molar-refractivity contribution in [3.8, 4) is 5.88 Å². The van der Waals surface area contributed by atoms with E-state index in [1.807, 2.05) is 0 Å². The van der Waals surface area contributed by atoms with Crippen molar-refractivity contribution >= 4 is 27.3 Å². The summed E-state index contributed by atoms with van der Waals surface area (Å²) in [5.74, 6) is 0.0814. The molecule has 0 bridgehead atoms. The summed E-state index contributed by atoms with van der Waals surface area (Å²) in [4.78, 5) is 16.1. The molecule has 2 rings (SSSR count). The highest BCUT2D eigenvalue weighted by molar-refractivity contribution is 7.90. The Morgan fingerprint density at radius 2 is 2.04 bits per heavy atom. The summed E-state index contributed by atoms with van der Waals surface area (Å²) < 4.78 is 28.2. The average molecular weight is 355 g/mol. The van der Waals surface area contributed by atoms with Crippen molar-refractivity contribution in [3.63, 3.8) is 0 Å². The number of carbonyl (C=O) groups excluding carboxylic acids is 1. The predicted molar refractivity (Wildman–Crippen MR) is 86.5 cm³/mol. The first-order valence-corrected chi connectivity index (χ1v) is 8.85. The van der Waals surface area contributed by atoms with Gasteiger partial charge in [-0.25, -0.2) is 13.4 Å². The van der Waals surface area contributed by atoms with Crippen LogP contribution >= 0.6 is 11.6 Å². The summed E-state index contributed by atoms with van der Waals surface area (Å²) in [5, 5.41) is 2.78. The SMILES string of the molecule is COc1ccc(CNC(=O)c2ccc(Cl)c(S(C)(=O)=O)c2)cn1. The summed E-state index contributed by atoms with van der Waals surface area (Å²) in [5.41, 5.74) is 1.01. The Kier molecular flexibility index (Phi) is 5.23. The van der Waals surface area contributed by atoms with Crippen LogP contribution in [0.25, 0.3) is 0 Å². The molecule has 1 heterocycles. The first-order valence-electron chi connectivity index (χ1n) is 6.58. The second-order valence-corrected chi connectivity index (χ2v) is 7.20. The summed E-state index contributed by atoms with van der Waals surface area (Å²) in [6.45, 7) is 0.257. The third kappa shape index (κ3) is 4.43. The van der Waals surface area contributed by atoms with Crippen LogP contribution < -0.4 is 10.1 Å². The summed E-state index contributed by atoms with van der Waals surface area (Å²) in [6, 6.07) is 7.58. The molecule has 0 radical (unpaired) electrons. The highest BCUT2D eigenvalue weighted by Crippen LogP contribution is 2.22. The van der Waals surface area contributed by atoms with Gasteiger partial charge in [0.15, 0.2) is 9.84 Å². The van der Waals surface area contributed by atoms with E-state index in [-0.39, 0.29) is 22.0 Å². The van der Waals surface area contributed by atoms with Gasteiger partial charge < -0.3 is 10.1 Å². The van der Waals surface area contributed by atoms with Crippen LogP contribution in [-0.4, -0.2) is 32.7 Å². The van der Waals surface area contributed by atoms with Crippen LogP contribution in [0.5, 0.6) is 5.88 Å². The van der Waals surface area contributed by atoms with E-state index in [9.17, 15) is 13.2 Å². The van der Waals surface area contributed by atoms with Crippen molar-refractivity contribution in [2.24, 2.45) is 0 Å². The Balaban J connectivity index is 2.11. The van der Waals surface area contributed by atoms with Gasteiger partial charge in [-0.1, -0.05) is 17.7 Å². The monoisotopic (exact) mass is 354 g/mol. The lowest BCUT2D eigenvalue weighted by molar-refractivity contribution is 0.0950. The standard InChI is InChI=1S/C15H15ClN2O4S/c1-22-14-6-3-10(8-17-14)9-18-15(19)11-4-5-12(16)13(7-11)23(2,20)21/h3-8H,9H2,1-2H3,(H,18,19). The summed E-state index contributed by atoms with van der Waals surface area (Å²) >= 11 is 5.86. The highest BCUT2D eigenvalue weighted by atomic mass is 35.5. The number of benzene rings is 1. The molecule has 2 aromatic rings. The van der Waals surface area contributed by atoms with E-state index < -0.39 is 15.7 Å². The third-order valence-electron chi connectivity index (χ3n) is 3.05. The second-order valence-electron chi connectivity index (χ2n) is 4.81. The Labute approximate surface area is 139 Å². The fraction of sp³-hybridized carbons (Fsp3) is 0.200. The molecule has 122 valence electrons. The smallest absolute Gasteiger partial charge is 0.251 e. The number of ether oxygens (including phenoxy) is 1. The molecule has 0 aliphatic heterocycles. The molecule has 6 nitrogen and oxygen atoms in total. The Morgan fingerprint density at radius 3 is 2.61 bits per heavy atom. The van der Waals surface area contributed by atoms with Crippen molar-refractivity contribution in [1.29, 1.82) is 0 Å². The van der Waals surface area contributed by atoms with Crippen LogP contribution in [0.15, 0.2) is 41.4 Å². The number of methoxy groups -OCH3 is 1. The molecule has 0 atom stereocenters. The van der Waals surface area contributed by atoms with Gasteiger partial charge in [-0.15, -0.1) is 0 Å². The van der Waals surface area contributed by atoms with Gasteiger partial charge in [0.2, 0.25) is 5.88 Å². The van der Waals surface area contributed by atoms with E-state index in [1.165, 1.54) is 25.3 Å². The quantitative estimate of drug-likeness (QED) is 0.888. The van der Waals surface area contributed by atoms with Gasteiger partial charge in [0.05, 0.1) is 17.0 Å². The maximum atomic E-state index is 12.1. The molecule has 1 aromatic carbocycles. The Hall–Kier alpha value is -2.12. The molecule has 0 aliphatic rings. The predicted octanol–water partition coefficient (Wildman–Crippen LogP) is 2.08. The minimum Gasteiger partial charge on any atom is -0.481 e. The molecular formula is C15H15ClN2O4S. The van der Waals surface area contributed by atoms with Gasteiger partial charge >= 0.3 is 0 Å². The number of rotatable bonds is 5. The number of hydrogen-bond acceptors (Lipinski definition) is 5. The normalized spacial score (nSPS) is 11.1. The molecule has 8 heteroatoms. The molecule has 0 saturated heterocycles. The molecule has 0 saturated carbocycles. The zero-order valence-electron chi connectivity index (χ0n) is 12.5. The van der Waals surface area contributed by atoms with Crippen molar-refractivity contribution in [1.82, 2.24) is 10.3 Å². The molecule has 23 heavy (non-hydrogen) atoms. The second kappa shape index (κ2) is 6.97. The van der Waals surface area contributed by atoms with Gasteiger partial charge in [-0.05, 0) is 23.8 Å². The van der Waals surface area contributed by atoms with Gasteiger partial charge in [0.25, 0.3) is 5.91 Å². The fourth-order valence-corrected chi connectivity index (χ4v) is 3.15. The van der Waals surface area contributed by atoms with Gasteiger partial charge in [0.1, 0.15) is 0 Å². The van der Waals surface area contributed by atoms with Crippen LogP contribution in [0.4, 0.5) is 0 Å². The van der Waals surface area contributed by atoms with Crippen LogP contribution in [0.2, 0.25) is 5.02 Å². The van der Waals surface area contributed by atoms with Crippen molar-refractivity contribution in [3.05, 3.63) is 52.7 Å². The number of aromatic nitrogens is 1. The number of hydrogen-bond donors (Lipinski definition) is 1. The van der Waals surface area contributed by atoms with Gasteiger partial charge in [-0.2, -0.15) is 0 Å². The molecule has 0 aliphatic carbocycles. The minimum absolute atomic E-state index is 0.0714. The lowest BCUT2D eigenvalue weighted by Crippen LogP contribution is -2.23. The molecule has 1 aromatic heterocycles. The highest BCUT2D eigenvalue weighted by Gasteiger charge is 2.15. The third-order valence-corrected chi connectivity index (χ3v) is 4.63. The van der Waals surface area contributed by atoms with Crippen LogP contribution in [0.3, 0.4) is 0 Å². The van der Waals surface area contributed by atoms with E-state index in [1.54, 1.807) is 18.3 Å². The summed E-state index contributed by atoms with van der Waals surface area (Å²) in [7, 11) is -1.98. The fourth-order valence-electron chi connectivity index (χ4n) is 1.85. The topological polar surface area (TPSA) is 85.4 Å². The maximum Gasteiger partial charge on any atom is 0.251 e. The summed E-state index contributed by atoms with van der Waals surface area (Å²) in [6.07, 6.45) is 2.63. The average Bonchev–Trinajstić information content (AvgIpc) is 2.52. The molecule has 1 N–H and O–H groups in total. The van der Waals surface area contributed by atoms with E-state index >= 15 is 0 Å². The van der Waals surface area contributed by atoms with Crippen LogP contribution in [-0.2, 0) is 16.4 Å². The zero-order valence-corrected chi connectivity index (χ0v) is 14.1. The number of amides is 1.